The Morgan fingerprint density at radius 3 is 2.52 bits per heavy atom. The number of ketones is 1. The fourth-order valence-corrected chi connectivity index (χ4v) is 4.01. The third kappa shape index (κ3) is 2.84. The summed E-state index contributed by atoms with van der Waals surface area (Å²) in [5, 5.41) is -0.615. The van der Waals surface area contributed by atoms with Crippen molar-refractivity contribution in [1.82, 2.24) is 9.97 Å². The van der Waals surface area contributed by atoms with Gasteiger partial charge in [-0.15, -0.1) is 0 Å². The lowest BCUT2D eigenvalue weighted by molar-refractivity contribution is 0.0972. The lowest BCUT2D eigenvalue weighted by atomic mass is 9.95. The summed E-state index contributed by atoms with van der Waals surface area (Å²) in [6.07, 6.45) is 0.996. The molecule has 0 saturated carbocycles. The van der Waals surface area contributed by atoms with Gasteiger partial charge >= 0.3 is 6.01 Å². The molecule has 1 aromatic carbocycles. The van der Waals surface area contributed by atoms with Crippen molar-refractivity contribution in [1.29, 1.82) is 0 Å². The summed E-state index contributed by atoms with van der Waals surface area (Å²) in [6, 6.07) is 9.16. The number of carbonyl (C=O) groups excluding carboxylic acids is 1. The third-order valence-electron chi connectivity index (χ3n) is 3.72. The maximum atomic E-state index is 12.8. The Morgan fingerprint density at radius 1 is 1.13 bits per heavy atom. The minimum Gasteiger partial charge on any atom is -0.480 e. The van der Waals surface area contributed by atoms with E-state index in [2.05, 4.69) is 9.97 Å². The van der Waals surface area contributed by atoms with Gasteiger partial charge in [-0.3, -0.25) is 9.00 Å². The van der Waals surface area contributed by atoms with Crippen LogP contribution in [0.2, 0.25) is 0 Å². The van der Waals surface area contributed by atoms with Gasteiger partial charge < -0.3 is 9.47 Å². The number of fused-ring (bicyclic) bond motifs is 1. The SMILES string of the molecule is COc1nc2c(c(OC)n1)C(=O)C(S(=O)c1ccccc1)CC2. The minimum atomic E-state index is -1.42. The zero-order valence-electron chi connectivity index (χ0n) is 12.8. The summed E-state index contributed by atoms with van der Waals surface area (Å²) >= 11 is 0. The minimum absolute atomic E-state index is 0.163. The lowest BCUT2D eigenvalue weighted by Crippen LogP contribution is -2.33. The first-order valence-corrected chi connectivity index (χ1v) is 8.35. The van der Waals surface area contributed by atoms with Crippen LogP contribution in [-0.4, -0.2) is 39.4 Å². The Balaban J connectivity index is 1.99. The van der Waals surface area contributed by atoms with E-state index in [9.17, 15) is 9.00 Å². The molecule has 0 amide bonds. The first-order valence-electron chi connectivity index (χ1n) is 7.14. The first-order chi connectivity index (χ1) is 11.2. The molecule has 6 nitrogen and oxygen atoms in total. The van der Waals surface area contributed by atoms with Gasteiger partial charge in [0.15, 0.2) is 5.78 Å². The summed E-state index contributed by atoms with van der Waals surface area (Å²) in [6.45, 7) is 0. The molecule has 2 atom stereocenters. The molecule has 2 unspecified atom stereocenters. The topological polar surface area (TPSA) is 78.4 Å². The number of aryl methyl sites for hydroxylation is 1. The van der Waals surface area contributed by atoms with Crippen LogP contribution >= 0.6 is 0 Å². The molecule has 0 saturated heterocycles. The van der Waals surface area contributed by atoms with Crippen LogP contribution in [0.15, 0.2) is 35.2 Å². The number of hydrogen-bond acceptors (Lipinski definition) is 6. The first kappa shape index (κ1) is 15.6. The van der Waals surface area contributed by atoms with Gasteiger partial charge in [0.25, 0.3) is 0 Å². The van der Waals surface area contributed by atoms with E-state index in [0.29, 0.717) is 29.0 Å². The van der Waals surface area contributed by atoms with Crippen LogP contribution in [0.25, 0.3) is 0 Å². The molecule has 0 radical (unpaired) electrons. The van der Waals surface area contributed by atoms with E-state index < -0.39 is 16.0 Å². The van der Waals surface area contributed by atoms with E-state index >= 15 is 0 Å². The van der Waals surface area contributed by atoms with Gasteiger partial charge in [0.05, 0.1) is 30.7 Å². The van der Waals surface area contributed by atoms with Crippen molar-refractivity contribution in [3.8, 4) is 11.9 Å². The summed E-state index contributed by atoms with van der Waals surface area (Å²) in [5.41, 5.74) is 0.897. The number of rotatable bonds is 4. The summed E-state index contributed by atoms with van der Waals surface area (Å²) in [4.78, 5) is 21.7. The Kier molecular flexibility index (Phi) is 4.38. The number of nitrogens with zero attached hydrogens (tertiary/aromatic N) is 2. The lowest BCUT2D eigenvalue weighted by Gasteiger charge is -2.23. The van der Waals surface area contributed by atoms with Crippen LogP contribution in [0, 0.1) is 0 Å². The molecule has 1 aliphatic rings. The second kappa shape index (κ2) is 6.45. The number of carbonyl (C=O) groups is 1. The summed E-state index contributed by atoms with van der Waals surface area (Å²) < 4.78 is 23.0. The number of benzene rings is 1. The molecular weight excluding hydrogens is 316 g/mol. The number of aromatic nitrogens is 2. The predicted molar refractivity (Wildman–Crippen MR) is 84.4 cm³/mol. The van der Waals surface area contributed by atoms with Gasteiger partial charge in [-0.25, -0.2) is 0 Å². The van der Waals surface area contributed by atoms with Gasteiger partial charge in [0.2, 0.25) is 5.88 Å². The Labute approximate surface area is 136 Å². The highest BCUT2D eigenvalue weighted by Gasteiger charge is 2.36. The van der Waals surface area contributed by atoms with Crippen molar-refractivity contribution in [2.45, 2.75) is 23.0 Å². The van der Waals surface area contributed by atoms with Crippen LogP contribution in [-0.2, 0) is 17.2 Å². The van der Waals surface area contributed by atoms with Crippen LogP contribution in [0.5, 0.6) is 11.9 Å². The van der Waals surface area contributed by atoms with Crippen LogP contribution in [0.4, 0.5) is 0 Å². The predicted octanol–water partition coefficient (Wildman–Crippen LogP) is 1.80. The number of hydrogen-bond donors (Lipinski definition) is 0. The fourth-order valence-electron chi connectivity index (χ4n) is 2.61. The Bertz CT molecular complexity index is 747. The molecule has 0 aliphatic heterocycles. The van der Waals surface area contributed by atoms with Crippen molar-refractivity contribution >= 4 is 16.6 Å². The van der Waals surface area contributed by atoms with Gasteiger partial charge in [-0.1, -0.05) is 18.2 Å². The number of Topliss-reactive ketones (excluding diaryl/α,β-unsaturated/α-hetero) is 1. The molecule has 3 rings (SSSR count). The van der Waals surface area contributed by atoms with E-state index in [-0.39, 0.29) is 17.7 Å². The smallest absolute Gasteiger partial charge is 0.319 e. The molecular formula is C16H16N2O4S. The third-order valence-corrected chi connectivity index (χ3v) is 5.43. The average Bonchev–Trinajstić information content (AvgIpc) is 2.61. The zero-order valence-corrected chi connectivity index (χ0v) is 13.6. The maximum Gasteiger partial charge on any atom is 0.319 e. The number of ether oxygens (including phenoxy) is 2. The molecule has 0 bridgehead atoms. The van der Waals surface area contributed by atoms with E-state index in [1.165, 1.54) is 14.2 Å². The van der Waals surface area contributed by atoms with Gasteiger partial charge in [-0.05, 0) is 25.0 Å². The second-order valence-electron chi connectivity index (χ2n) is 5.04. The molecule has 7 heteroatoms. The largest absolute Gasteiger partial charge is 0.480 e. The molecule has 0 spiro atoms. The molecule has 2 aromatic rings. The van der Waals surface area contributed by atoms with E-state index in [4.69, 9.17) is 9.47 Å². The summed E-state index contributed by atoms with van der Waals surface area (Å²) in [7, 11) is 1.48. The van der Waals surface area contributed by atoms with Crippen LogP contribution in [0.1, 0.15) is 22.5 Å². The van der Waals surface area contributed by atoms with Crippen molar-refractivity contribution in [3.05, 3.63) is 41.6 Å². The zero-order chi connectivity index (χ0) is 16.4. The van der Waals surface area contributed by atoms with Crippen molar-refractivity contribution in [3.63, 3.8) is 0 Å². The normalized spacial score (nSPS) is 18.2. The quantitative estimate of drug-likeness (QED) is 0.849. The highest BCUT2D eigenvalue weighted by molar-refractivity contribution is 7.86. The van der Waals surface area contributed by atoms with Crippen LogP contribution < -0.4 is 9.47 Å². The molecule has 23 heavy (non-hydrogen) atoms. The molecule has 1 aliphatic carbocycles. The highest BCUT2D eigenvalue weighted by Crippen LogP contribution is 2.32. The van der Waals surface area contributed by atoms with Gasteiger partial charge in [0, 0.05) is 4.90 Å². The average molecular weight is 332 g/mol. The van der Waals surface area contributed by atoms with Crippen LogP contribution in [0.3, 0.4) is 0 Å². The summed E-state index contributed by atoms with van der Waals surface area (Å²) in [5.74, 6) is -0.0699. The Hall–Kier alpha value is -2.28. The molecule has 120 valence electrons. The van der Waals surface area contributed by atoms with Crippen molar-refractivity contribution in [2.24, 2.45) is 0 Å². The second-order valence-corrected chi connectivity index (χ2v) is 6.68. The van der Waals surface area contributed by atoms with E-state index in [0.717, 1.165) is 0 Å². The molecule has 1 aromatic heterocycles. The van der Waals surface area contributed by atoms with Crippen molar-refractivity contribution < 1.29 is 18.5 Å². The molecule has 0 N–H and O–H groups in total. The van der Waals surface area contributed by atoms with Crippen molar-refractivity contribution in [2.75, 3.05) is 14.2 Å². The van der Waals surface area contributed by atoms with E-state index in [1.54, 1.807) is 12.1 Å². The van der Waals surface area contributed by atoms with Gasteiger partial charge in [0.1, 0.15) is 10.8 Å². The fraction of sp³-hybridized carbons (Fsp3) is 0.312. The highest BCUT2D eigenvalue weighted by atomic mass is 32.2. The molecule has 1 heterocycles. The monoisotopic (exact) mass is 332 g/mol. The molecule has 0 fully saturated rings. The standard InChI is InChI=1S/C16H16N2O4S/c1-21-15-13-11(17-16(18-15)22-2)8-9-12(14(13)19)23(20)10-6-4-3-5-7-10/h3-7,12H,8-9H2,1-2H3. The maximum absolute atomic E-state index is 12.8. The van der Waals surface area contributed by atoms with Gasteiger partial charge in [-0.2, -0.15) is 9.97 Å². The Morgan fingerprint density at radius 2 is 1.87 bits per heavy atom. The van der Waals surface area contributed by atoms with E-state index in [1.807, 2.05) is 18.2 Å². The number of methoxy groups -OCH3 is 2.